The fourth-order valence-corrected chi connectivity index (χ4v) is 2.90. The van der Waals surface area contributed by atoms with Crippen LogP contribution in [0.3, 0.4) is 0 Å². The molecule has 28 heavy (non-hydrogen) atoms. The fraction of sp³-hybridized carbons (Fsp3) is 0.409. The molecule has 0 aliphatic heterocycles. The number of guanidine groups is 1. The summed E-state index contributed by atoms with van der Waals surface area (Å²) in [5.74, 6) is 3.55. The number of benzene rings is 2. The van der Waals surface area contributed by atoms with Crippen LogP contribution < -0.4 is 24.8 Å². The average molecular weight is 386 g/mol. The van der Waals surface area contributed by atoms with Gasteiger partial charge in [0.15, 0.2) is 17.5 Å². The molecule has 6 heteroatoms. The third-order valence-corrected chi connectivity index (χ3v) is 4.69. The van der Waals surface area contributed by atoms with Crippen LogP contribution in [0.15, 0.2) is 47.5 Å². The summed E-state index contributed by atoms with van der Waals surface area (Å²) in [7, 11) is 6.73. The summed E-state index contributed by atoms with van der Waals surface area (Å²) in [6.07, 6.45) is 1.00. The van der Waals surface area contributed by atoms with Crippen LogP contribution in [0.4, 0.5) is 0 Å². The van der Waals surface area contributed by atoms with Gasteiger partial charge in [0.1, 0.15) is 5.75 Å². The lowest BCUT2D eigenvalue weighted by atomic mass is 9.98. The van der Waals surface area contributed by atoms with Crippen molar-refractivity contribution in [2.24, 2.45) is 4.99 Å². The molecule has 0 bridgehead atoms. The number of nitrogens with one attached hydrogen (secondary N) is 2. The van der Waals surface area contributed by atoms with Crippen molar-refractivity contribution in [2.45, 2.75) is 25.8 Å². The Morgan fingerprint density at radius 1 is 0.929 bits per heavy atom. The Balaban J connectivity index is 1.81. The molecule has 0 amide bonds. The molecule has 2 aromatic carbocycles. The summed E-state index contributed by atoms with van der Waals surface area (Å²) in [6, 6.07) is 14.1. The highest BCUT2D eigenvalue weighted by Gasteiger charge is 2.08. The van der Waals surface area contributed by atoms with Crippen molar-refractivity contribution in [3.8, 4) is 17.2 Å². The monoisotopic (exact) mass is 385 g/mol. The van der Waals surface area contributed by atoms with Gasteiger partial charge in [0, 0.05) is 20.1 Å². The number of hydrogen-bond donors (Lipinski definition) is 2. The van der Waals surface area contributed by atoms with Crippen LogP contribution in [0.1, 0.15) is 30.4 Å². The number of methoxy groups -OCH3 is 3. The molecule has 0 radical (unpaired) electrons. The molecule has 152 valence electrons. The third-order valence-electron chi connectivity index (χ3n) is 4.69. The van der Waals surface area contributed by atoms with Crippen LogP contribution in [0.2, 0.25) is 0 Å². The van der Waals surface area contributed by atoms with Gasteiger partial charge in [-0.15, -0.1) is 0 Å². The van der Waals surface area contributed by atoms with E-state index in [9.17, 15) is 0 Å². The second-order valence-corrected chi connectivity index (χ2v) is 6.50. The Morgan fingerprint density at radius 2 is 1.64 bits per heavy atom. The predicted molar refractivity (Wildman–Crippen MR) is 114 cm³/mol. The van der Waals surface area contributed by atoms with Gasteiger partial charge in [0.05, 0.1) is 21.3 Å². The molecule has 2 N–H and O–H groups in total. The summed E-state index contributed by atoms with van der Waals surface area (Å²) in [6.45, 7) is 3.70. The van der Waals surface area contributed by atoms with Crippen molar-refractivity contribution in [3.63, 3.8) is 0 Å². The molecule has 2 aromatic rings. The summed E-state index contributed by atoms with van der Waals surface area (Å²) in [5, 5.41) is 6.70. The second kappa shape index (κ2) is 11.1. The van der Waals surface area contributed by atoms with Crippen molar-refractivity contribution in [1.29, 1.82) is 0 Å². The highest BCUT2D eigenvalue weighted by atomic mass is 16.5. The fourth-order valence-electron chi connectivity index (χ4n) is 2.90. The first kappa shape index (κ1) is 21.4. The van der Waals surface area contributed by atoms with Crippen LogP contribution in [-0.4, -0.2) is 40.9 Å². The lowest BCUT2D eigenvalue weighted by molar-refractivity contribution is 0.354. The zero-order chi connectivity index (χ0) is 20.4. The minimum Gasteiger partial charge on any atom is -0.497 e. The topological polar surface area (TPSA) is 64.1 Å². The molecule has 0 heterocycles. The Hall–Kier alpha value is -2.89. The van der Waals surface area contributed by atoms with E-state index in [0.717, 1.165) is 41.7 Å². The van der Waals surface area contributed by atoms with E-state index in [0.29, 0.717) is 12.5 Å². The number of aliphatic imine (C=N–C) groups is 1. The number of hydrogen-bond acceptors (Lipinski definition) is 4. The van der Waals surface area contributed by atoms with Crippen molar-refractivity contribution in [1.82, 2.24) is 10.6 Å². The van der Waals surface area contributed by atoms with Crippen LogP contribution >= 0.6 is 0 Å². The molecule has 0 aromatic heterocycles. The Kier molecular flexibility index (Phi) is 8.46. The summed E-state index contributed by atoms with van der Waals surface area (Å²) < 4.78 is 15.8. The first-order valence-electron chi connectivity index (χ1n) is 9.40. The number of rotatable bonds is 9. The zero-order valence-corrected chi connectivity index (χ0v) is 17.4. The molecule has 0 aliphatic rings. The molecule has 1 atom stereocenters. The molecule has 0 fully saturated rings. The minimum atomic E-state index is 0.447. The summed E-state index contributed by atoms with van der Waals surface area (Å²) in [4.78, 5) is 4.29. The van der Waals surface area contributed by atoms with E-state index in [1.54, 1.807) is 28.4 Å². The van der Waals surface area contributed by atoms with Crippen molar-refractivity contribution >= 4 is 5.96 Å². The van der Waals surface area contributed by atoms with E-state index in [-0.39, 0.29) is 0 Å². The Morgan fingerprint density at radius 3 is 2.25 bits per heavy atom. The maximum absolute atomic E-state index is 5.35. The smallest absolute Gasteiger partial charge is 0.191 e. The number of ether oxygens (including phenoxy) is 3. The predicted octanol–water partition coefficient (Wildman–Crippen LogP) is 3.57. The molecule has 0 saturated carbocycles. The van der Waals surface area contributed by atoms with E-state index in [1.165, 1.54) is 5.56 Å². The lowest BCUT2D eigenvalue weighted by Crippen LogP contribution is -2.37. The minimum absolute atomic E-state index is 0.447. The molecule has 0 spiro atoms. The van der Waals surface area contributed by atoms with Gasteiger partial charge in [-0.3, -0.25) is 4.99 Å². The van der Waals surface area contributed by atoms with Gasteiger partial charge in [-0.1, -0.05) is 25.1 Å². The van der Waals surface area contributed by atoms with Gasteiger partial charge < -0.3 is 24.8 Å². The Labute approximate surface area is 167 Å². The highest BCUT2D eigenvalue weighted by Crippen LogP contribution is 2.27. The van der Waals surface area contributed by atoms with Gasteiger partial charge in [0.25, 0.3) is 0 Å². The maximum atomic E-state index is 5.35. The van der Waals surface area contributed by atoms with Gasteiger partial charge in [-0.05, 0) is 47.7 Å². The van der Waals surface area contributed by atoms with Gasteiger partial charge >= 0.3 is 0 Å². The van der Waals surface area contributed by atoms with Gasteiger partial charge in [-0.25, -0.2) is 0 Å². The van der Waals surface area contributed by atoms with E-state index in [1.807, 2.05) is 30.3 Å². The van der Waals surface area contributed by atoms with Crippen LogP contribution in [0.5, 0.6) is 17.2 Å². The summed E-state index contributed by atoms with van der Waals surface area (Å²) >= 11 is 0. The van der Waals surface area contributed by atoms with Crippen LogP contribution in [-0.2, 0) is 6.54 Å². The molecule has 1 unspecified atom stereocenters. The van der Waals surface area contributed by atoms with Crippen molar-refractivity contribution < 1.29 is 14.2 Å². The number of nitrogens with zero attached hydrogens (tertiary/aromatic N) is 1. The van der Waals surface area contributed by atoms with Gasteiger partial charge in [-0.2, -0.15) is 0 Å². The van der Waals surface area contributed by atoms with E-state index in [4.69, 9.17) is 14.2 Å². The third kappa shape index (κ3) is 6.08. The molecule has 0 saturated heterocycles. The molecule has 2 rings (SSSR count). The molecule has 0 aliphatic carbocycles. The maximum Gasteiger partial charge on any atom is 0.191 e. The van der Waals surface area contributed by atoms with Crippen LogP contribution in [0, 0.1) is 0 Å². The first-order chi connectivity index (χ1) is 13.6. The molecule has 6 nitrogen and oxygen atoms in total. The van der Waals surface area contributed by atoms with Gasteiger partial charge in [0.2, 0.25) is 0 Å². The lowest BCUT2D eigenvalue weighted by Gasteiger charge is -2.16. The van der Waals surface area contributed by atoms with E-state index >= 15 is 0 Å². The van der Waals surface area contributed by atoms with E-state index < -0.39 is 0 Å². The normalized spacial score (nSPS) is 12.2. The average Bonchev–Trinajstić information content (AvgIpc) is 2.75. The zero-order valence-electron chi connectivity index (χ0n) is 17.4. The van der Waals surface area contributed by atoms with E-state index in [2.05, 4.69) is 34.7 Å². The first-order valence-corrected chi connectivity index (χ1v) is 9.40. The highest BCUT2D eigenvalue weighted by molar-refractivity contribution is 5.79. The Bertz CT molecular complexity index is 760. The molecular weight excluding hydrogens is 354 g/mol. The summed E-state index contributed by atoms with van der Waals surface area (Å²) in [5.41, 5.74) is 2.39. The standard InChI is InChI=1S/C22H31N3O3/c1-16(18-7-9-19(26-3)10-8-18)12-13-24-22(23-2)25-15-17-6-11-20(27-4)21(14-17)28-5/h6-11,14,16H,12-13,15H2,1-5H3,(H2,23,24,25). The largest absolute Gasteiger partial charge is 0.497 e. The second-order valence-electron chi connectivity index (χ2n) is 6.50. The van der Waals surface area contributed by atoms with Crippen LogP contribution in [0.25, 0.3) is 0 Å². The quantitative estimate of drug-likeness (QED) is 0.510. The SMILES string of the molecule is CN=C(NCCC(C)c1ccc(OC)cc1)NCc1ccc(OC)c(OC)c1. The molecular formula is C22H31N3O3. The van der Waals surface area contributed by atoms with Crippen molar-refractivity contribution in [2.75, 3.05) is 34.9 Å². The van der Waals surface area contributed by atoms with Crippen molar-refractivity contribution in [3.05, 3.63) is 53.6 Å².